The zero-order chi connectivity index (χ0) is 17.1. The second-order valence-electron chi connectivity index (χ2n) is 6.89. The minimum absolute atomic E-state index is 0.771. The molecule has 0 aromatic heterocycles. The Hall–Kier alpha value is -1.83. The summed E-state index contributed by atoms with van der Waals surface area (Å²) in [5.74, 6) is 0. The average molecular weight is 310 g/mol. The number of benzene rings is 1. The summed E-state index contributed by atoms with van der Waals surface area (Å²) in [6, 6.07) is 6.58. The van der Waals surface area contributed by atoms with Gasteiger partial charge in [0.25, 0.3) is 0 Å². The highest BCUT2D eigenvalue weighted by atomic mass is 15.1. The lowest BCUT2D eigenvalue weighted by Crippen LogP contribution is -2.11. The van der Waals surface area contributed by atoms with E-state index in [0.717, 1.165) is 37.0 Å². The van der Waals surface area contributed by atoms with Crippen LogP contribution in [0.15, 0.2) is 34.9 Å². The van der Waals surface area contributed by atoms with Crippen molar-refractivity contribution in [1.29, 1.82) is 5.41 Å². The van der Waals surface area contributed by atoms with Crippen LogP contribution in [-0.4, -0.2) is 19.8 Å². The summed E-state index contributed by atoms with van der Waals surface area (Å²) < 4.78 is 0. The molecule has 0 amide bonds. The first-order valence-electron chi connectivity index (χ1n) is 8.62. The van der Waals surface area contributed by atoms with E-state index in [1.54, 1.807) is 0 Å². The maximum Gasteiger partial charge on any atom is 0.0393 e. The van der Waals surface area contributed by atoms with Crippen molar-refractivity contribution in [1.82, 2.24) is 0 Å². The molecule has 2 nitrogen and oxygen atoms in total. The van der Waals surface area contributed by atoms with E-state index in [-0.39, 0.29) is 0 Å². The Morgan fingerprint density at radius 3 is 2.35 bits per heavy atom. The van der Waals surface area contributed by atoms with Crippen molar-refractivity contribution in [2.45, 2.75) is 53.4 Å². The van der Waals surface area contributed by atoms with Crippen molar-refractivity contribution in [3.05, 3.63) is 46.0 Å². The Labute approximate surface area is 141 Å². The van der Waals surface area contributed by atoms with Crippen LogP contribution < -0.4 is 4.90 Å². The molecule has 1 aliphatic rings. The molecule has 2 heteroatoms. The molecule has 0 saturated carbocycles. The van der Waals surface area contributed by atoms with Crippen LogP contribution in [0.25, 0.3) is 5.57 Å². The van der Waals surface area contributed by atoms with Gasteiger partial charge in [0.1, 0.15) is 0 Å². The summed E-state index contributed by atoms with van der Waals surface area (Å²) >= 11 is 0. The third-order valence-corrected chi connectivity index (χ3v) is 5.05. The highest BCUT2D eigenvalue weighted by molar-refractivity contribution is 6.04. The zero-order valence-electron chi connectivity index (χ0n) is 15.5. The Balaban J connectivity index is 2.50. The van der Waals surface area contributed by atoms with E-state index in [1.807, 2.05) is 0 Å². The lowest BCUT2D eigenvalue weighted by atomic mass is 9.91. The smallest absolute Gasteiger partial charge is 0.0393 e. The van der Waals surface area contributed by atoms with Crippen molar-refractivity contribution in [2.75, 3.05) is 19.0 Å². The van der Waals surface area contributed by atoms with Gasteiger partial charge in [-0.25, -0.2) is 0 Å². The predicted molar refractivity (Wildman–Crippen MR) is 103 cm³/mol. The summed E-state index contributed by atoms with van der Waals surface area (Å²) in [4.78, 5) is 2.12. The van der Waals surface area contributed by atoms with Gasteiger partial charge in [-0.05, 0) is 74.4 Å². The molecule has 1 aromatic carbocycles. The molecule has 0 aliphatic heterocycles. The molecule has 0 unspecified atom stereocenters. The summed E-state index contributed by atoms with van der Waals surface area (Å²) in [5, 5.41) is 8.59. The fourth-order valence-electron chi connectivity index (χ4n) is 3.19. The van der Waals surface area contributed by atoms with Gasteiger partial charge in [-0.1, -0.05) is 25.0 Å². The predicted octanol–water partition coefficient (Wildman–Crippen LogP) is 5.82. The fourth-order valence-corrected chi connectivity index (χ4v) is 3.19. The van der Waals surface area contributed by atoms with Crippen LogP contribution in [0.2, 0.25) is 0 Å². The van der Waals surface area contributed by atoms with Gasteiger partial charge in [0, 0.05) is 31.1 Å². The number of allylic oxidation sites excluding steroid dienone is 4. The average Bonchev–Trinajstić information content (AvgIpc) is 2.79. The molecule has 124 valence electrons. The van der Waals surface area contributed by atoms with Crippen molar-refractivity contribution in [3.63, 3.8) is 0 Å². The van der Waals surface area contributed by atoms with E-state index in [4.69, 9.17) is 5.41 Å². The molecular formula is C21H30N2. The van der Waals surface area contributed by atoms with Crippen LogP contribution in [0.4, 0.5) is 5.69 Å². The van der Waals surface area contributed by atoms with Crippen LogP contribution in [-0.2, 0) is 0 Å². The standard InChI is InChI=1S/C21H30N2/c1-7-8-9-21(22)20-13-17(23(5)6)10-11-18(20)19-12-14(2)15(3)16(19)4/h10-11,13,22H,7-9,12H2,1-6H3. The molecule has 1 aromatic rings. The van der Waals surface area contributed by atoms with Crippen LogP contribution >= 0.6 is 0 Å². The van der Waals surface area contributed by atoms with E-state index in [1.165, 1.54) is 33.5 Å². The molecule has 0 fully saturated rings. The summed E-state index contributed by atoms with van der Waals surface area (Å²) in [6.07, 6.45) is 4.09. The van der Waals surface area contributed by atoms with E-state index < -0.39 is 0 Å². The van der Waals surface area contributed by atoms with Crippen LogP contribution in [0, 0.1) is 5.41 Å². The third kappa shape index (κ3) is 3.57. The number of hydrogen-bond acceptors (Lipinski definition) is 2. The molecular weight excluding hydrogens is 280 g/mol. The molecule has 1 N–H and O–H groups in total. The first kappa shape index (κ1) is 17.5. The van der Waals surface area contributed by atoms with Gasteiger partial charge in [-0.3, -0.25) is 0 Å². The first-order chi connectivity index (χ1) is 10.9. The molecule has 2 rings (SSSR count). The van der Waals surface area contributed by atoms with Gasteiger partial charge >= 0.3 is 0 Å². The molecule has 0 spiro atoms. The molecule has 0 radical (unpaired) electrons. The Bertz CT molecular complexity index is 675. The lowest BCUT2D eigenvalue weighted by Gasteiger charge is -2.19. The Morgan fingerprint density at radius 2 is 1.83 bits per heavy atom. The van der Waals surface area contributed by atoms with Crippen molar-refractivity contribution in [3.8, 4) is 0 Å². The number of nitrogens with zero attached hydrogens (tertiary/aromatic N) is 1. The van der Waals surface area contributed by atoms with Gasteiger partial charge in [0.05, 0.1) is 0 Å². The molecule has 23 heavy (non-hydrogen) atoms. The monoisotopic (exact) mass is 310 g/mol. The molecule has 1 aliphatic carbocycles. The summed E-state index contributed by atoms with van der Waals surface area (Å²) in [5.41, 5.74) is 9.98. The fraction of sp³-hybridized carbons (Fsp3) is 0.476. The largest absolute Gasteiger partial charge is 0.378 e. The number of anilines is 1. The molecule has 0 atom stereocenters. The van der Waals surface area contributed by atoms with Crippen LogP contribution in [0.1, 0.15) is 64.5 Å². The first-order valence-corrected chi connectivity index (χ1v) is 8.62. The maximum absolute atomic E-state index is 8.59. The third-order valence-electron chi connectivity index (χ3n) is 5.05. The topological polar surface area (TPSA) is 27.1 Å². The van der Waals surface area contributed by atoms with Crippen molar-refractivity contribution in [2.24, 2.45) is 0 Å². The number of hydrogen-bond donors (Lipinski definition) is 1. The molecule has 0 bridgehead atoms. The highest BCUT2D eigenvalue weighted by Crippen LogP contribution is 2.39. The number of unbranched alkanes of at least 4 members (excludes halogenated alkanes) is 1. The van der Waals surface area contributed by atoms with Gasteiger partial charge in [0.2, 0.25) is 0 Å². The van der Waals surface area contributed by atoms with Gasteiger partial charge in [-0.15, -0.1) is 0 Å². The Kier molecular flexibility index (Phi) is 5.46. The summed E-state index contributed by atoms with van der Waals surface area (Å²) in [7, 11) is 4.12. The normalized spacial score (nSPS) is 14.7. The zero-order valence-corrected chi connectivity index (χ0v) is 15.5. The van der Waals surface area contributed by atoms with E-state index in [0.29, 0.717) is 0 Å². The minimum Gasteiger partial charge on any atom is -0.378 e. The van der Waals surface area contributed by atoms with Gasteiger partial charge in [0.15, 0.2) is 0 Å². The summed E-state index contributed by atoms with van der Waals surface area (Å²) in [6.45, 7) is 8.85. The maximum atomic E-state index is 8.59. The molecule has 0 heterocycles. The van der Waals surface area contributed by atoms with Crippen molar-refractivity contribution >= 4 is 17.0 Å². The quantitative estimate of drug-likeness (QED) is 0.658. The second kappa shape index (κ2) is 7.16. The second-order valence-corrected chi connectivity index (χ2v) is 6.89. The number of nitrogens with one attached hydrogen (secondary N) is 1. The van der Waals surface area contributed by atoms with Gasteiger partial charge in [-0.2, -0.15) is 0 Å². The van der Waals surface area contributed by atoms with Crippen LogP contribution in [0.5, 0.6) is 0 Å². The van der Waals surface area contributed by atoms with E-state index in [2.05, 4.69) is 64.9 Å². The lowest BCUT2D eigenvalue weighted by molar-refractivity contribution is 0.832. The number of rotatable bonds is 6. The Morgan fingerprint density at radius 1 is 1.13 bits per heavy atom. The highest BCUT2D eigenvalue weighted by Gasteiger charge is 2.21. The van der Waals surface area contributed by atoms with Crippen molar-refractivity contribution < 1.29 is 0 Å². The SMILES string of the molecule is CCCCC(=N)c1cc(N(C)C)ccc1C1=C(C)C(C)=C(C)C1. The van der Waals surface area contributed by atoms with Crippen LogP contribution in [0.3, 0.4) is 0 Å². The minimum atomic E-state index is 0.771. The van der Waals surface area contributed by atoms with Gasteiger partial charge < -0.3 is 10.3 Å². The van der Waals surface area contributed by atoms with E-state index in [9.17, 15) is 0 Å². The van der Waals surface area contributed by atoms with E-state index >= 15 is 0 Å². The molecule has 0 saturated heterocycles.